The molecule has 0 saturated heterocycles. The van der Waals surface area contributed by atoms with Crippen LogP contribution in [0.2, 0.25) is 0 Å². The summed E-state index contributed by atoms with van der Waals surface area (Å²) in [6, 6.07) is 9.87. The van der Waals surface area contributed by atoms with Gasteiger partial charge in [-0.1, -0.05) is 31.5 Å². The molecule has 2 rings (SSSR count). The summed E-state index contributed by atoms with van der Waals surface area (Å²) in [4.78, 5) is 10.3. The van der Waals surface area contributed by atoms with Crippen LogP contribution in [0.1, 0.15) is 19.8 Å². The van der Waals surface area contributed by atoms with Crippen molar-refractivity contribution in [3.8, 4) is 0 Å². The van der Waals surface area contributed by atoms with E-state index in [0.717, 1.165) is 18.5 Å². The number of nitrogens with two attached hydrogens (primary N) is 2. The number of halogens is 1. The first-order chi connectivity index (χ1) is 8.22. The van der Waals surface area contributed by atoms with Gasteiger partial charge in [0.25, 0.3) is 0 Å². The minimum absolute atomic E-state index is 0. The van der Waals surface area contributed by atoms with Gasteiger partial charge in [0, 0.05) is 5.69 Å². The molecule has 1 unspecified atom stereocenters. The highest BCUT2D eigenvalue weighted by molar-refractivity contribution is 6.04. The summed E-state index contributed by atoms with van der Waals surface area (Å²) in [6.07, 6.45) is 1.85. The number of hydrogen-bond acceptors (Lipinski definition) is 5. The van der Waals surface area contributed by atoms with Gasteiger partial charge in [-0.3, -0.25) is 4.90 Å². The van der Waals surface area contributed by atoms with Crippen molar-refractivity contribution < 1.29 is 0 Å². The largest absolute Gasteiger partial charge is 0.369 e. The van der Waals surface area contributed by atoms with Gasteiger partial charge in [0.05, 0.1) is 0 Å². The van der Waals surface area contributed by atoms with E-state index < -0.39 is 0 Å². The zero-order chi connectivity index (χ0) is 12.3. The lowest BCUT2D eigenvalue weighted by Gasteiger charge is -2.32. The van der Waals surface area contributed by atoms with Crippen LogP contribution in [0, 0.1) is 0 Å². The van der Waals surface area contributed by atoms with Crippen molar-refractivity contribution in [3.05, 3.63) is 30.3 Å². The molecule has 98 valence electrons. The van der Waals surface area contributed by atoms with Crippen molar-refractivity contribution >= 4 is 30.0 Å². The smallest absolute Gasteiger partial charge is 0.220 e. The fraction of sp³-hybridized carbons (Fsp3) is 0.333. The molecular weight excluding hydrogens is 250 g/mol. The minimum atomic E-state index is -0.0556. The van der Waals surface area contributed by atoms with Gasteiger partial charge in [0.2, 0.25) is 11.9 Å². The molecule has 1 aromatic carbocycles. The van der Waals surface area contributed by atoms with E-state index in [0.29, 0.717) is 5.96 Å². The molecule has 18 heavy (non-hydrogen) atoms. The number of benzene rings is 1. The van der Waals surface area contributed by atoms with E-state index in [1.54, 1.807) is 0 Å². The number of para-hydroxylation sites is 1. The Bertz CT molecular complexity index is 443. The topological polar surface area (TPSA) is 80.0 Å². The maximum atomic E-state index is 5.94. The second-order valence-electron chi connectivity index (χ2n) is 3.93. The van der Waals surface area contributed by atoms with Crippen molar-refractivity contribution in [1.82, 2.24) is 0 Å². The van der Waals surface area contributed by atoms with Crippen LogP contribution in [0.15, 0.2) is 40.3 Å². The maximum absolute atomic E-state index is 5.94. The average molecular weight is 268 g/mol. The van der Waals surface area contributed by atoms with Crippen LogP contribution in [0.4, 0.5) is 5.69 Å². The Morgan fingerprint density at radius 3 is 2.50 bits per heavy atom. The highest BCUT2D eigenvalue weighted by Gasteiger charge is 2.24. The average Bonchev–Trinajstić information content (AvgIpc) is 2.30. The van der Waals surface area contributed by atoms with Crippen LogP contribution in [0.25, 0.3) is 0 Å². The number of rotatable bonds is 3. The van der Waals surface area contributed by atoms with Crippen LogP contribution in [0.3, 0.4) is 0 Å². The Balaban J connectivity index is 0.00000162. The number of nitrogens with zero attached hydrogens (tertiary/aromatic N) is 3. The predicted molar refractivity (Wildman–Crippen MR) is 78.1 cm³/mol. The predicted octanol–water partition coefficient (Wildman–Crippen LogP) is 1.68. The minimum Gasteiger partial charge on any atom is -0.369 e. The molecule has 0 saturated carbocycles. The summed E-state index contributed by atoms with van der Waals surface area (Å²) >= 11 is 0. The molecule has 0 fully saturated rings. The van der Waals surface area contributed by atoms with E-state index >= 15 is 0 Å². The van der Waals surface area contributed by atoms with Crippen LogP contribution >= 0.6 is 12.4 Å². The van der Waals surface area contributed by atoms with E-state index in [-0.39, 0.29) is 24.5 Å². The molecule has 5 nitrogen and oxygen atoms in total. The quantitative estimate of drug-likeness (QED) is 0.874. The summed E-state index contributed by atoms with van der Waals surface area (Å²) < 4.78 is 0. The number of hydrogen-bond donors (Lipinski definition) is 2. The third-order valence-corrected chi connectivity index (χ3v) is 2.64. The second-order valence-corrected chi connectivity index (χ2v) is 3.93. The first-order valence-electron chi connectivity index (χ1n) is 5.74. The molecule has 0 amide bonds. The van der Waals surface area contributed by atoms with E-state index in [2.05, 4.69) is 16.9 Å². The summed E-state index contributed by atoms with van der Waals surface area (Å²) in [6.45, 7) is 2.11. The second kappa shape index (κ2) is 6.26. The Morgan fingerprint density at radius 2 is 1.89 bits per heavy atom. The van der Waals surface area contributed by atoms with Crippen molar-refractivity contribution in [2.45, 2.75) is 25.9 Å². The summed E-state index contributed by atoms with van der Waals surface area (Å²) in [5, 5.41) is 0. The standard InChI is InChI=1S/C12H17N5.ClH/c1-2-6-10-15-11(13)16-12(14)17(10)9-7-4-3-5-8-9;/h3-5,7-8,10H,2,6H2,1H3,(H4,13,14,15,16);1H. The first kappa shape index (κ1) is 14.3. The molecule has 1 aromatic rings. The van der Waals surface area contributed by atoms with Crippen molar-refractivity contribution in [3.63, 3.8) is 0 Å². The van der Waals surface area contributed by atoms with Crippen LogP contribution in [-0.4, -0.2) is 18.1 Å². The fourth-order valence-corrected chi connectivity index (χ4v) is 1.91. The zero-order valence-electron chi connectivity index (χ0n) is 10.3. The lowest BCUT2D eigenvalue weighted by molar-refractivity contribution is 0.613. The zero-order valence-corrected chi connectivity index (χ0v) is 11.1. The first-order valence-corrected chi connectivity index (χ1v) is 5.74. The van der Waals surface area contributed by atoms with Crippen molar-refractivity contribution in [2.24, 2.45) is 21.5 Å². The van der Waals surface area contributed by atoms with E-state index in [9.17, 15) is 0 Å². The molecule has 1 atom stereocenters. The van der Waals surface area contributed by atoms with E-state index in [1.165, 1.54) is 0 Å². The Hall–Kier alpha value is -1.75. The van der Waals surface area contributed by atoms with Crippen LogP contribution in [-0.2, 0) is 0 Å². The van der Waals surface area contributed by atoms with Gasteiger partial charge in [-0.2, -0.15) is 4.99 Å². The van der Waals surface area contributed by atoms with Crippen LogP contribution in [0.5, 0.6) is 0 Å². The molecular formula is C12H18ClN5. The Labute approximate surface area is 113 Å². The molecule has 0 radical (unpaired) electrons. The monoisotopic (exact) mass is 267 g/mol. The maximum Gasteiger partial charge on any atom is 0.220 e. The van der Waals surface area contributed by atoms with Gasteiger partial charge in [0.1, 0.15) is 6.17 Å². The lowest BCUT2D eigenvalue weighted by atomic mass is 10.2. The molecule has 1 aliphatic heterocycles. The molecule has 0 spiro atoms. The number of aliphatic imine (C=N–C) groups is 2. The van der Waals surface area contributed by atoms with Gasteiger partial charge in [-0.05, 0) is 18.6 Å². The normalized spacial score (nSPS) is 18.7. The SMILES string of the molecule is CCCC1N=C(N)N=C(N)N1c1ccccc1.Cl. The highest BCUT2D eigenvalue weighted by atomic mass is 35.5. The van der Waals surface area contributed by atoms with Gasteiger partial charge in [0.15, 0.2) is 0 Å². The molecule has 4 N–H and O–H groups in total. The van der Waals surface area contributed by atoms with Gasteiger partial charge in [-0.15, -0.1) is 12.4 Å². The molecule has 0 aromatic heterocycles. The van der Waals surface area contributed by atoms with Gasteiger partial charge < -0.3 is 11.5 Å². The Morgan fingerprint density at radius 1 is 1.22 bits per heavy atom. The molecule has 1 heterocycles. The van der Waals surface area contributed by atoms with Gasteiger partial charge in [-0.25, -0.2) is 4.99 Å². The summed E-state index contributed by atoms with van der Waals surface area (Å²) in [5.41, 5.74) is 12.6. The van der Waals surface area contributed by atoms with E-state index in [1.807, 2.05) is 35.2 Å². The molecule has 6 heteroatoms. The third kappa shape index (κ3) is 2.92. The highest BCUT2D eigenvalue weighted by Crippen LogP contribution is 2.21. The summed E-state index contributed by atoms with van der Waals surface area (Å²) in [7, 11) is 0. The van der Waals surface area contributed by atoms with Gasteiger partial charge >= 0.3 is 0 Å². The molecule has 1 aliphatic rings. The molecule has 0 aliphatic carbocycles. The van der Waals surface area contributed by atoms with Crippen LogP contribution < -0.4 is 16.4 Å². The fourth-order valence-electron chi connectivity index (χ4n) is 1.91. The Kier molecular flexibility index (Phi) is 4.97. The molecule has 0 bridgehead atoms. The van der Waals surface area contributed by atoms with E-state index in [4.69, 9.17) is 11.5 Å². The summed E-state index contributed by atoms with van der Waals surface area (Å²) in [5.74, 6) is 0.662. The van der Waals surface area contributed by atoms with Crippen molar-refractivity contribution in [2.75, 3.05) is 4.90 Å². The third-order valence-electron chi connectivity index (χ3n) is 2.64. The van der Waals surface area contributed by atoms with Crippen molar-refractivity contribution in [1.29, 1.82) is 0 Å². The number of guanidine groups is 2. The lowest BCUT2D eigenvalue weighted by Crippen LogP contribution is -2.48. The number of anilines is 1.